The highest BCUT2D eigenvalue weighted by Crippen LogP contribution is 2.20. The fourth-order valence-electron chi connectivity index (χ4n) is 4.47. The molecule has 7 nitrogen and oxygen atoms in total. The largest absolute Gasteiger partial charge is 0.481 e. The van der Waals surface area contributed by atoms with E-state index in [9.17, 15) is 19.5 Å². The maximum Gasteiger partial charge on any atom is 0.307 e. The van der Waals surface area contributed by atoms with Gasteiger partial charge in [0.15, 0.2) is 0 Å². The summed E-state index contributed by atoms with van der Waals surface area (Å²) in [4.78, 5) is 36.3. The third-order valence-corrected chi connectivity index (χ3v) is 6.55. The first-order chi connectivity index (χ1) is 17.5. The zero-order valence-electron chi connectivity index (χ0n) is 21.6. The molecule has 36 heavy (non-hydrogen) atoms. The Kier molecular flexibility index (Phi) is 14.2. The van der Waals surface area contributed by atoms with Crippen molar-refractivity contribution in [2.75, 3.05) is 5.01 Å². The minimum absolute atomic E-state index is 0.00585. The summed E-state index contributed by atoms with van der Waals surface area (Å²) in [6, 6.07) is 8.99. The van der Waals surface area contributed by atoms with Gasteiger partial charge in [0.05, 0.1) is 18.0 Å². The van der Waals surface area contributed by atoms with Crippen molar-refractivity contribution < 1.29 is 19.5 Å². The monoisotopic (exact) mass is 497 g/mol. The van der Waals surface area contributed by atoms with Gasteiger partial charge in [-0.3, -0.25) is 14.4 Å². The van der Waals surface area contributed by atoms with E-state index >= 15 is 0 Å². The fraction of sp³-hybridized carbons (Fsp3) is 0.586. The first-order valence-electron chi connectivity index (χ1n) is 13.6. The average Bonchev–Trinajstić information content (AvgIpc) is 3.23. The molecule has 1 aromatic carbocycles. The van der Waals surface area contributed by atoms with Gasteiger partial charge in [-0.05, 0) is 31.4 Å². The minimum atomic E-state index is -0.954. The van der Waals surface area contributed by atoms with Crippen molar-refractivity contribution >= 4 is 29.3 Å². The van der Waals surface area contributed by atoms with E-state index in [-0.39, 0.29) is 24.6 Å². The fourth-order valence-corrected chi connectivity index (χ4v) is 4.47. The molecule has 0 fully saturated rings. The number of hydrogen-bond donors (Lipinski definition) is 2. The number of carbonyl (C=O) groups excluding carboxylic acids is 2. The highest BCUT2D eigenvalue weighted by atomic mass is 16.4. The predicted molar refractivity (Wildman–Crippen MR) is 145 cm³/mol. The molecule has 0 bridgehead atoms. The molecule has 2 N–H and O–H groups in total. The van der Waals surface area contributed by atoms with Crippen molar-refractivity contribution in [3.8, 4) is 0 Å². The van der Waals surface area contributed by atoms with Gasteiger partial charge in [0.1, 0.15) is 5.84 Å². The number of para-hydroxylation sites is 1. The van der Waals surface area contributed by atoms with Crippen LogP contribution in [-0.2, 0) is 14.4 Å². The summed E-state index contributed by atoms with van der Waals surface area (Å²) in [5.74, 6) is -2.06. The average molecular weight is 498 g/mol. The van der Waals surface area contributed by atoms with Crippen LogP contribution < -0.4 is 10.3 Å². The van der Waals surface area contributed by atoms with Gasteiger partial charge < -0.3 is 10.4 Å². The topological polar surface area (TPSA) is 99.1 Å². The summed E-state index contributed by atoms with van der Waals surface area (Å²) in [7, 11) is 0. The number of carboxylic acid groups (broad SMARTS) is 1. The molecular formula is C29H43N3O4. The predicted octanol–water partition coefficient (Wildman–Crippen LogP) is 6.59. The summed E-state index contributed by atoms with van der Waals surface area (Å²) in [5.41, 5.74) is 0.630. The third kappa shape index (κ3) is 11.6. The Morgan fingerprint density at radius 2 is 1.50 bits per heavy atom. The highest BCUT2D eigenvalue weighted by Gasteiger charge is 2.28. The van der Waals surface area contributed by atoms with Gasteiger partial charge in [0.25, 0.3) is 5.91 Å². The first kappa shape index (κ1) is 29.3. The van der Waals surface area contributed by atoms with Gasteiger partial charge in [0, 0.05) is 6.42 Å². The second kappa shape index (κ2) is 17.5. The van der Waals surface area contributed by atoms with Crippen molar-refractivity contribution in [1.29, 1.82) is 0 Å². The number of amides is 2. The Bertz CT molecular complexity index is 853. The molecule has 0 aliphatic carbocycles. The molecule has 1 aliphatic heterocycles. The van der Waals surface area contributed by atoms with E-state index in [2.05, 4.69) is 17.0 Å². The van der Waals surface area contributed by atoms with E-state index in [0.717, 1.165) is 25.7 Å². The van der Waals surface area contributed by atoms with Crippen molar-refractivity contribution in [2.24, 2.45) is 11.0 Å². The van der Waals surface area contributed by atoms with Crippen LogP contribution in [0.4, 0.5) is 5.69 Å². The second-order valence-corrected chi connectivity index (χ2v) is 9.66. The van der Waals surface area contributed by atoms with Crippen LogP contribution in [0.15, 0.2) is 48.1 Å². The molecule has 0 unspecified atom stereocenters. The highest BCUT2D eigenvalue weighted by molar-refractivity contribution is 6.15. The van der Waals surface area contributed by atoms with Gasteiger partial charge in [-0.15, -0.1) is 6.58 Å². The number of carboxylic acids is 1. The number of carbonyl (C=O) groups is 3. The molecule has 1 aromatic rings. The first-order valence-corrected chi connectivity index (χ1v) is 13.6. The van der Waals surface area contributed by atoms with Crippen LogP contribution in [-0.4, -0.2) is 28.7 Å². The van der Waals surface area contributed by atoms with E-state index in [1.165, 1.54) is 62.8 Å². The second-order valence-electron chi connectivity index (χ2n) is 9.66. The zero-order valence-corrected chi connectivity index (χ0v) is 21.6. The Hall–Kier alpha value is -2.96. The number of hydrazone groups is 1. The van der Waals surface area contributed by atoms with Crippen molar-refractivity contribution in [2.45, 2.75) is 103 Å². The number of nitrogens with zero attached hydrogens (tertiary/aromatic N) is 2. The Morgan fingerprint density at radius 1 is 0.944 bits per heavy atom. The van der Waals surface area contributed by atoms with Gasteiger partial charge in [0.2, 0.25) is 5.91 Å². The SMILES string of the molecule is C=CCCCCCCCCCCCCCC[C@H](CC(=O)NC1=NN(c2ccccc2)C(=O)C1)C(=O)O. The lowest BCUT2D eigenvalue weighted by Gasteiger charge is -2.12. The van der Waals surface area contributed by atoms with Gasteiger partial charge in [-0.1, -0.05) is 94.9 Å². The quantitative estimate of drug-likeness (QED) is 0.166. The molecule has 0 aromatic heterocycles. The van der Waals surface area contributed by atoms with Gasteiger partial charge >= 0.3 is 5.97 Å². The van der Waals surface area contributed by atoms with E-state index < -0.39 is 17.8 Å². The summed E-state index contributed by atoms with van der Waals surface area (Å²) in [5, 5.41) is 17.6. The number of aliphatic carboxylic acids is 1. The maximum absolute atomic E-state index is 12.4. The molecule has 198 valence electrons. The molecule has 2 rings (SSSR count). The summed E-state index contributed by atoms with van der Waals surface area (Å²) in [6.45, 7) is 3.76. The van der Waals surface area contributed by atoms with Crippen LogP contribution >= 0.6 is 0 Å². The summed E-state index contributed by atoms with van der Waals surface area (Å²) < 4.78 is 0. The van der Waals surface area contributed by atoms with E-state index in [4.69, 9.17) is 0 Å². The van der Waals surface area contributed by atoms with Crippen LogP contribution in [0.25, 0.3) is 0 Å². The van der Waals surface area contributed by atoms with Crippen molar-refractivity contribution in [3.05, 3.63) is 43.0 Å². The molecule has 2 amide bonds. The van der Waals surface area contributed by atoms with Crippen molar-refractivity contribution in [1.82, 2.24) is 5.32 Å². The van der Waals surface area contributed by atoms with Crippen LogP contribution in [0, 0.1) is 5.92 Å². The normalized spacial score (nSPS) is 13.9. The molecule has 0 saturated carbocycles. The smallest absolute Gasteiger partial charge is 0.307 e. The lowest BCUT2D eigenvalue weighted by molar-refractivity contribution is -0.144. The van der Waals surface area contributed by atoms with Crippen LogP contribution in [0.2, 0.25) is 0 Å². The molecular weight excluding hydrogens is 454 g/mol. The van der Waals surface area contributed by atoms with Crippen LogP contribution in [0.5, 0.6) is 0 Å². The molecule has 1 aliphatic rings. The van der Waals surface area contributed by atoms with Crippen LogP contribution in [0.3, 0.4) is 0 Å². The Balaban J connectivity index is 1.56. The summed E-state index contributed by atoms with van der Waals surface area (Å²) >= 11 is 0. The van der Waals surface area contributed by atoms with E-state index in [1.54, 1.807) is 24.3 Å². The lowest BCUT2D eigenvalue weighted by atomic mass is 9.96. The lowest BCUT2D eigenvalue weighted by Crippen LogP contribution is -2.32. The van der Waals surface area contributed by atoms with Crippen molar-refractivity contribution in [3.63, 3.8) is 0 Å². The van der Waals surface area contributed by atoms with E-state index in [1.807, 2.05) is 12.1 Å². The van der Waals surface area contributed by atoms with E-state index in [0.29, 0.717) is 12.1 Å². The number of rotatable bonds is 19. The number of hydrogen-bond acceptors (Lipinski definition) is 4. The van der Waals surface area contributed by atoms with Gasteiger partial charge in [-0.25, -0.2) is 0 Å². The number of anilines is 1. The standard InChI is InChI=1S/C29H43N3O4/c1-2-3-4-5-6-7-8-9-10-11-12-13-14-16-19-24(29(35)36)22-27(33)30-26-23-28(34)32(31-26)25-20-17-15-18-21-25/h2,15,17-18,20-21,24H,1,3-14,16,19,22-23H2,(H,35,36)(H,30,31,33)/t24-/m1/s1. The minimum Gasteiger partial charge on any atom is -0.481 e. The number of amidine groups is 1. The molecule has 7 heteroatoms. The maximum atomic E-state index is 12.4. The molecule has 1 heterocycles. The Morgan fingerprint density at radius 3 is 2.06 bits per heavy atom. The molecule has 1 atom stereocenters. The number of allylic oxidation sites excluding steroid dienone is 1. The number of unbranched alkanes of at least 4 members (excludes halogenated alkanes) is 12. The van der Waals surface area contributed by atoms with Gasteiger partial charge in [-0.2, -0.15) is 10.1 Å². The molecule has 0 spiro atoms. The summed E-state index contributed by atoms with van der Waals surface area (Å²) in [6.07, 6.45) is 17.9. The van der Waals surface area contributed by atoms with Crippen LogP contribution in [0.1, 0.15) is 103 Å². The third-order valence-electron chi connectivity index (χ3n) is 6.55. The number of benzene rings is 1. The zero-order chi connectivity index (χ0) is 26.0. The molecule has 0 radical (unpaired) electrons. The molecule has 0 saturated heterocycles. The number of nitrogens with one attached hydrogen (secondary N) is 1. The Labute approximate surface area is 216 Å².